The number of hydrogen-bond donors (Lipinski definition) is 0. The number of para-hydroxylation sites is 6. The molecule has 16 heteroatoms. The molecule has 0 fully saturated rings. The van der Waals surface area contributed by atoms with E-state index in [1.54, 1.807) is 0 Å². The second kappa shape index (κ2) is 30.1. The van der Waals surface area contributed by atoms with Gasteiger partial charge in [0.15, 0.2) is 0 Å². The first-order valence-electron chi connectivity index (χ1n) is 27.8. The third kappa shape index (κ3) is 20.2. The summed E-state index contributed by atoms with van der Waals surface area (Å²) in [5.74, 6) is 0. The minimum absolute atomic E-state index is 0. The van der Waals surface area contributed by atoms with E-state index >= 15 is 0 Å². The van der Waals surface area contributed by atoms with Crippen molar-refractivity contribution < 1.29 is 76.3 Å². The average molecular weight is 1420 g/mol. The Morgan fingerprint density at radius 3 is 0.439 bits per heavy atom. The number of hydroxylamine groups is 6. The molecule has 0 aromatic heterocycles. The zero-order chi connectivity index (χ0) is 59.8. The third-order valence-electron chi connectivity index (χ3n) is 13.3. The Balaban J connectivity index is 0.000000420. The summed E-state index contributed by atoms with van der Waals surface area (Å²) in [7, 11) is 0. The van der Waals surface area contributed by atoms with Crippen LogP contribution in [-0.4, -0.2) is 43.0 Å². The second-order valence-corrected chi connectivity index (χ2v) is 26.9. The Labute approximate surface area is 552 Å². The van der Waals surface area contributed by atoms with Crippen LogP contribution >= 0.6 is 0 Å². The van der Waals surface area contributed by atoms with Gasteiger partial charge in [0, 0.05) is 107 Å². The van der Waals surface area contributed by atoms with Crippen LogP contribution in [0, 0.1) is 108 Å². The van der Waals surface area contributed by atoms with Crippen LogP contribution < -0.4 is 30.4 Å². The number of rotatable bonds is 18. The molecule has 0 bridgehead atoms. The SMILES string of the molecule is CC(C)(C)N([O-])c1ccccc1CN(Cc1ccccc1N([O-])C(C)(C)C)Cc1ccccc1N([O-])C(C)(C)C.CC(C)(C)N([O-])c1ccccc1CN(Cc1ccccc1N([O-])C(C)(C)C)Cc1ccccc1N([O-])C(C)(C)C.[Dy+3].[Dy+3]. The Kier molecular flexibility index (Phi) is 26.7. The second-order valence-electron chi connectivity index (χ2n) is 26.9. The fourth-order valence-corrected chi connectivity index (χ4v) is 9.00. The van der Waals surface area contributed by atoms with Crippen molar-refractivity contribution in [1.29, 1.82) is 0 Å². The number of benzene rings is 6. The van der Waals surface area contributed by atoms with Gasteiger partial charge in [0.1, 0.15) is 0 Å². The zero-order valence-corrected chi connectivity index (χ0v) is 55.8. The fraction of sp³-hybridized carbons (Fsp3) is 0.455. The van der Waals surface area contributed by atoms with Crippen LogP contribution in [0.1, 0.15) is 158 Å². The predicted molar refractivity (Wildman–Crippen MR) is 338 cm³/mol. The summed E-state index contributed by atoms with van der Waals surface area (Å²) < 4.78 is 0. The monoisotopic (exact) mass is 1420 g/mol. The van der Waals surface area contributed by atoms with E-state index < -0.39 is 33.2 Å². The number of anilines is 6. The molecule has 450 valence electrons. The van der Waals surface area contributed by atoms with Gasteiger partial charge in [0.05, 0.1) is 0 Å². The number of nitrogens with zero attached hydrogens (tertiary/aromatic N) is 8. The predicted octanol–water partition coefficient (Wildman–Crippen LogP) is 16.4. The quantitative estimate of drug-likeness (QED) is 0.0747. The summed E-state index contributed by atoms with van der Waals surface area (Å²) in [5, 5.41) is 86.1. The maximum Gasteiger partial charge on any atom is 3.00 e. The smallest absolute Gasteiger partial charge is 0.758 e. The zero-order valence-electron chi connectivity index (χ0n) is 51.8. The molecule has 6 aromatic carbocycles. The van der Waals surface area contributed by atoms with Crippen LogP contribution in [0.3, 0.4) is 0 Å². The summed E-state index contributed by atoms with van der Waals surface area (Å²) in [6, 6.07) is 45.8. The summed E-state index contributed by atoms with van der Waals surface area (Å²) in [5.41, 5.74) is 5.33. The topological polar surface area (TPSA) is 164 Å². The number of hydrogen-bond acceptors (Lipinski definition) is 14. The van der Waals surface area contributed by atoms with E-state index in [2.05, 4.69) is 9.80 Å². The molecular weight excluding hydrogens is 1330 g/mol. The van der Waals surface area contributed by atoms with Crippen molar-refractivity contribution in [3.8, 4) is 0 Å². The Hall–Kier alpha value is -3.65. The molecule has 0 aliphatic heterocycles. The molecule has 14 nitrogen and oxygen atoms in total. The van der Waals surface area contributed by atoms with Gasteiger partial charge in [-0.15, -0.1) is 0 Å². The average Bonchev–Trinajstić information content (AvgIpc) is 3.37. The Morgan fingerprint density at radius 2 is 0.329 bits per heavy atom. The van der Waals surface area contributed by atoms with E-state index in [-0.39, 0.29) is 76.3 Å². The van der Waals surface area contributed by atoms with Crippen LogP contribution in [0.5, 0.6) is 0 Å². The third-order valence-corrected chi connectivity index (χ3v) is 13.3. The van der Waals surface area contributed by atoms with Crippen molar-refractivity contribution in [2.24, 2.45) is 0 Å². The normalized spacial score (nSPS) is 12.2. The molecule has 0 saturated carbocycles. The maximum absolute atomic E-state index is 13.3. The summed E-state index contributed by atoms with van der Waals surface area (Å²) >= 11 is 0. The van der Waals surface area contributed by atoms with Crippen LogP contribution in [0.2, 0.25) is 0 Å². The molecule has 0 atom stereocenters. The Bertz CT molecular complexity index is 2410. The molecule has 0 amide bonds. The van der Waals surface area contributed by atoms with Gasteiger partial charge >= 0.3 is 76.3 Å². The molecule has 0 N–H and O–H groups in total. The van der Waals surface area contributed by atoms with E-state index in [0.717, 1.165) is 63.8 Å². The largest absolute Gasteiger partial charge is 3.00 e. The molecule has 6 aromatic rings. The maximum atomic E-state index is 13.3. The molecule has 0 spiro atoms. The van der Waals surface area contributed by atoms with Crippen LogP contribution in [0.25, 0.3) is 0 Å². The minimum atomic E-state index is -0.605. The van der Waals surface area contributed by atoms with Gasteiger partial charge < -0.3 is 61.6 Å². The fourth-order valence-electron chi connectivity index (χ4n) is 9.00. The van der Waals surface area contributed by atoms with Gasteiger partial charge in [-0.2, -0.15) is 0 Å². The standard InChI is InChI=1S/2C33H45N4O3.2Dy/c2*1-31(2,3)35(38)28-19-13-10-16-25(28)22-34(23-26-17-11-14-20-29(26)36(39)32(4,5)6)24-27-18-12-15-21-30(27)37(40)33(7,8)9;;/h2*10-21H,22-24H2,1-9H3;;/q2*-3;2*+3. The first-order valence-corrected chi connectivity index (χ1v) is 27.8. The van der Waals surface area contributed by atoms with Crippen molar-refractivity contribution in [3.05, 3.63) is 210 Å². The molecule has 0 aliphatic rings. The Morgan fingerprint density at radius 1 is 0.220 bits per heavy atom. The van der Waals surface area contributed by atoms with Crippen molar-refractivity contribution >= 4 is 34.1 Å². The van der Waals surface area contributed by atoms with Gasteiger partial charge in [-0.1, -0.05) is 109 Å². The van der Waals surface area contributed by atoms with Crippen molar-refractivity contribution in [3.63, 3.8) is 0 Å². The molecule has 0 aliphatic carbocycles. The van der Waals surface area contributed by atoms with Gasteiger partial charge in [-0.25, -0.2) is 0 Å². The summed E-state index contributed by atoms with van der Waals surface area (Å²) in [6.45, 7) is 36.8. The molecule has 6 rings (SSSR count). The van der Waals surface area contributed by atoms with Crippen molar-refractivity contribution in [2.45, 2.75) is 197 Å². The van der Waals surface area contributed by atoms with Gasteiger partial charge in [-0.3, -0.25) is 9.80 Å². The molecule has 0 heterocycles. The van der Waals surface area contributed by atoms with Gasteiger partial charge in [0.2, 0.25) is 0 Å². The first-order chi connectivity index (χ1) is 37.0. The molecular formula is C66H90Dy2N8O6. The van der Waals surface area contributed by atoms with Gasteiger partial charge in [-0.05, 0) is 194 Å². The van der Waals surface area contributed by atoms with Crippen LogP contribution in [0.15, 0.2) is 146 Å². The van der Waals surface area contributed by atoms with E-state index in [0.29, 0.717) is 73.4 Å². The molecule has 0 saturated heterocycles. The van der Waals surface area contributed by atoms with E-state index in [1.807, 2.05) is 270 Å². The van der Waals surface area contributed by atoms with Gasteiger partial charge in [0.25, 0.3) is 0 Å². The van der Waals surface area contributed by atoms with E-state index in [4.69, 9.17) is 0 Å². The summed E-state index contributed by atoms with van der Waals surface area (Å²) in [4.78, 5) is 4.39. The summed E-state index contributed by atoms with van der Waals surface area (Å²) in [6.07, 6.45) is 0. The molecule has 0 unspecified atom stereocenters. The van der Waals surface area contributed by atoms with Crippen LogP contribution in [0.4, 0.5) is 34.1 Å². The molecule has 82 heavy (non-hydrogen) atoms. The van der Waals surface area contributed by atoms with E-state index in [1.165, 1.54) is 0 Å². The van der Waals surface area contributed by atoms with E-state index in [9.17, 15) is 31.2 Å². The van der Waals surface area contributed by atoms with Crippen molar-refractivity contribution in [2.75, 3.05) is 30.4 Å². The minimum Gasteiger partial charge on any atom is -0.758 e. The van der Waals surface area contributed by atoms with Crippen molar-refractivity contribution in [1.82, 2.24) is 9.80 Å². The molecule has 2 radical (unpaired) electrons. The van der Waals surface area contributed by atoms with Crippen LogP contribution in [-0.2, 0) is 39.3 Å². The first kappa shape index (κ1) is 72.6.